The van der Waals surface area contributed by atoms with E-state index in [0.717, 1.165) is 71.5 Å². The van der Waals surface area contributed by atoms with Gasteiger partial charge in [-0.15, -0.1) is 0 Å². The number of amides is 1. The Morgan fingerprint density at radius 1 is 0.800 bits per heavy atom. The molecule has 190 valence electrons. The molecule has 2 aromatic rings. The third-order valence-electron chi connectivity index (χ3n) is 7.29. The number of hydrogen-bond acceptors (Lipinski definition) is 4. The molecule has 0 unspecified atom stereocenters. The molecule has 0 aromatic heterocycles. The number of carbonyl (C=O) groups is 1. The van der Waals surface area contributed by atoms with Gasteiger partial charge < -0.3 is 9.64 Å². The number of ether oxygens (including phenoxy) is 1. The quantitative estimate of drug-likeness (QED) is 0.566. The van der Waals surface area contributed by atoms with Gasteiger partial charge in [0.05, 0.1) is 0 Å². The van der Waals surface area contributed by atoms with E-state index in [1.54, 1.807) is 0 Å². The molecule has 0 aliphatic carbocycles. The van der Waals surface area contributed by atoms with Gasteiger partial charge in [0.2, 0.25) is 0 Å². The van der Waals surface area contributed by atoms with Crippen LogP contribution in [0.25, 0.3) is 0 Å². The molecule has 5 heteroatoms. The Hall–Kier alpha value is -2.37. The maximum Gasteiger partial charge on any atom is 0.410 e. The van der Waals surface area contributed by atoms with Gasteiger partial charge in [0.25, 0.3) is 0 Å². The maximum absolute atomic E-state index is 12.3. The van der Waals surface area contributed by atoms with Gasteiger partial charge in [-0.2, -0.15) is 0 Å². The normalized spacial score (nSPS) is 18.6. The van der Waals surface area contributed by atoms with Gasteiger partial charge in [-0.05, 0) is 70.1 Å². The van der Waals surface area contributed by atoms with Crippen molar-refractivity contribution < 1.29 is 9.53 Å². The van der Waals surface area contributed by atoms with Crippen molar-refractivity contribution in [1.82, 2.24) is 14.7 Å². The lowest BCUT2D eigenvalue weighted by atomic mass is 10.0. The highest BCUT2D eigenvalue weighted by Crippen LogP contribution is 2.21. The van der Waals surface area contributed by atoms with Gasteiger partial charge in [0.15, 0.2) is 0 Å². The smallest absolute Gasteiger partial charge is 0.410 e. The number of nitrogens with zero attached hydrogens (tertiary/aromatic N) is 3. The van der Waals surface area contributed by atoms with E-state index in [1.165, 1.54) is 22.3 Å². The van der Waals surface area contributed by atoms with Gasteiger partial charge in [-0.25, -0.2) is 4.79 Å². The number of rotatable bonds is 6. The van der Waals surface area contributed by atoms with E-state index in [1.807, 2.05) is 25.7 Å². The standard InChI is InChI=1S/C30H43N3O2/c1-24-5-7-25(8-6-24)9-10-26-11-13-27(14-12-26)23-31-19-21-32(22-20-31)28-15-17-33(18-16-28)29(34)35-30(2,3)4/h5-8,11-14,28H,9-10,15-23H2,1-4H3. The van der Waals surface area contributed by atoms with Crippen molar-refractivity contribution in [1.29, 1.82) is 0 Å². The van der Waals surface area contributed by atoms with E-state index in [2.05, 4.69) is 65.3 Å². The predicted molar refractivity (Wildman–Crippen MR) is 143 cm³/mol. The zero-order chi connectivity index (χ0) is 24.8. The first-order valence-corrected chi connectivity index (χ1v) is 13.3. The molecule has 5 nitrogen and oxygen atoms in total. The van der Waals surface area contributed by atoms with Crippen LogP contribution in [0, 0.1) is 6.92 Å². The van der Waals surface area contributed by atoms with Crippen molar-refractivity contribution in [3.05, 3.63) is 70.8 Å². The van der Waals surface area contributed by atoms with Gasteiger partial charge in [-0.1, -0.05) is 54.1 Å². The van der Waals surface area contributed by atoms with Gasteiger partial charge in [-0.3, -0.25) is 9.80 Å². The SMILES string of the molecule is Cc1ccc(CCc2ccc(CN3CCN(C4CCN(C(=O)OC(C)(C)C)CC4)CC3)cc2)cc1. The first-order valence-electron chi connectivity index (χ1n) is 13.3. The molecule has 0 atom stereocenters. The molecule has 2 aromatic carbocycles. The number of piperidine rings is 1. The summed E-state index contributed by atoms with van der Waals surface area (Å²) in [7, 11) is 0. The Kier molecular flexibility index (Phi) is 8.51. The number of benzene rings is 2. The van der Waals surface area contributed by atoms with Crippen LogP contribution >= 0.6 is 0 Å². The molecule has 2 aliphatic heterocycles. The molecule has 0 radical (unpaired) electrons. The average Bonchev–Trinajstić information content (AvgIpc) is 2.84. The fraction of sp³-hybridized carbons (Fsp3) is 0.567. The van der Waals surface area contributed by atoms with E-state index < -0.39 is 5.60 Å². The molecule has 2 heterocycles. The van der Waals surface area contributed by atoms with E-state index in [9.17, 15) is 4.79 Å². The van der Waals surface area contributed by atoms with Crippen molar-refractivity contribution in [2.75, 3.05) is 39.3 Å². The molecule has 0 N–H and O–H groups in total. The van der Waals surface area contributed by atoms with Crippen molar-refractivity contribution in [3.8, 4) is 0 Å². The fourth-order valence-electron chi connectivity index (χ4n) is 5.14. The van der Waals surface area contributed by atoms with Crippen molar-refractivity contribution in [2.24, 2.45) is 0 Å². The highest BCUT2D eigenvalue weighted by molar-refractivity contribution is 5.68. The van der Waals surface area contributed by atoms with Crippen LogP contribution in [-0.4, -0.2) is 71.7 Å². The average molecular weight is 478 g/mol. The van der Waals surface area contributed by atoms with Crippen LogP contribution in [0.3, 0.4) is 0 Å². The molecule has 2 fully saturated rings. The summed E-state index contributed by atoms with van der Waals surface area (Å²) in [5.74, 6) is 0. The highest BCUT2D eigenvalue weighted by atomic mass is 16.6. The van der Waals surface area contributed by atoms with Crippen LogP contribution in [0.4, 0.5) is 4.79 Å². The molecule has 4 rings (SSSR count). The fourth-order valence-corrected chi connectivity index (χ4v) is 5.14. The van der Waals surface area contributed by atoms with Gasteiger partial charge in [0, 0.05) is 51.9 Å². The number of likely N-dealkylation sites (tertiary alicyclic amines) is 1. The zero-order valence-corrected chi connectivity index (χ0v) is 22.1. The Labute approximate surface area is 212 Å². The maximum atomic E-state index is 12.3. The van der Waals surface area contributed by atoms with Crippen LogP contribution in [0.1, 0.15) is 55.9 Å². The Morgan fingerprint density at radius 3 is 1.86 bits per heavy atom. The second kappa shape index (κ2) is 11.6. The number of piperazine rings is 1. The topological polar surface area (TPSA) is 36.0 Å². The summed E-state index contributed by atoms with van der Waals surface area (Å²) in [6, 6.07) is 18.7. The van der Waals surface area contributed by atoms with Gasteiger partial charge >= 0.3 is 6.09 Å². The first kappa shape index (κ1) is 25.7. The van der Waals surface area contributed by atoms with E-state index in [4.69, 9.17) is 4.74 Å². The van der Waals surface area contributed by atoms with E-state index in [-0.39, 0.29) is 6.09 Å². The lowest BCUT2D eigenvalue weighted by molar-refractivity contribution is 0.00969. The third-order valence-corrected chi connectivity index (χ3v) is 7.29. The van der Waals surface area contributed by atoms with Crippen LogP contribution in [-0.2, 0) is 24.1 Å². The number of aryl methyl sites for hydroxylation is 3. The van der Waals surface area contributed by atoms with Crippen molar-refractivity contribution in [3.63, 3.8) is 0 Å². The predicted octanol–water partition coefficient (Wildman–Crippen LogP) is 5.30. The molecule has 35 heavy (non-hydrogen) atoms. The van der Waals surface area contributed by atoms with Crippen molar-refractivity contribution in [2.45, 2.75) is 71.6 Å². The minimum absolute atomic E-state index is 0.165. The summed E-state index contributed by atoms with van der Waals surface area (Å²) >= 11 is 0. The van der Waals surface area contributed by atoms with Gasteiger partial charge in [0.1, 0.15) is 5.60 Å². The first-order chi connectivity index (χ1) is 16.7. The van der Waals surface area contributed by atoms with Crippen LogP contribution in [0.2, 0.25) is 0 Å². The Balaban J connectivity index is 1.16. The minimum atomic E-state index is -0.425. The second-order valence-corrected chi connectivity index (χ2v) is 11.3. The van der Waals surface area contributed by atoms with Crippen LogP contribution in [0.5, 0.6) is 0 Å². The lowest BCUT2D eigenvalue weighted by Crippen LogP contribution is -2.53. The molecular formula is C30H43N3O2. The third kappa shape index (κ3) is 7.81. The van der Waals surface area contributed by atoms with E-state index in [0.29, 0.717) is 6.04 Å². The molecule has 2 aliphatic rings. The molecule has 0 spiro atoms. The highest BCUT2D eigenvalue weighted by Gasteiger charge is 2.30. The minimum Gasteiger partial charge on any atom is -0.444 e. The molecular weight excluding hydrogens is 434 g/mol. The van der Waals surface area contributed by atoms with Crippen molar-refractivity contribution >= 4 is 6.09 Å². The summed E-state index contributed by atoms with van der Waals surface area (Å²) in [4.78, 5) is 19.4. The molecule has 1 amide bonds. The second-order valence-electron chi connectivity index (χ2n) is 11.3. The summed E-state index contributed by atoms with van der Waals surface area (Å²) in [6.07, 6.45) is 4.11. The van der Waals surface area contributed by atoms with Crippen LogP contribution in [0.15, 0.2) is 48.5 Å². The summed E-state index contributed by atoms with van der Waals surface area (Å²) in [5, 5.41) is 0. The summed E-state index contributed by atoms with van der Waals surface area (Å²) < 4.78 is 5.54. The molecule has 0 bridgehead atoms. The number of hydrogen-bond donors (Lipinski definition) is 0. The molecule has 2 saturated heterocycles. The summed E-state index contributed by atoms with van der Waals surface area (Å²) in [5.41, 5.74) is 5.13. The monoisotopic (exact) mass is 477 g/mol. The molecule has 0 saturated carbocycles. The lowest BCUT2D eigenvalue weighted by Gasteiger charge is -2.42. The van der Waals surface area contributed by atoms with Crippen LogP contribution < -0.4 is 0 Å². The zero-order valence-electron chi connectivity index (χ0n) is 22.1. The Bertz CT molecular complexity index is 933. The van der Waals surface area contributed by atoms with E-state index >= 15 is 0 Å². The Morgan fingerprint density at radius 2 is 1.31 bits per heavy atom. The largest absolute Gasteiger partial charge is 0.444 e. The number of carbonyl (C=O) groups excluding carboxylic acids is 1. The summed E-state index contributed by atoms with van der Waals surface area (Å²) in [6.45, 7) is 15.0.